The maximum absolute atomic E-state index is 12.8. The fourth-order valence-corrected chi connectivity index (χ4v) is 3.88. The largest absolute Gasteiger partial charge is 0.490 e. The summed E-state index contributed by atoms with van der Waals surface area (Å²) in [6.07, 6.45) is -4.60. The van der Waals surface area contributed by atoms with Gasteiger partial charge < -0.3 is 20.0 Å². The number of hydrogen-bond donors (Lipinski definition) is 2. The predicted molar refractivity (Wildman–Crippen MR) is 117 cm³/mol. The van der Waals surface area contributed by atoms with E-state index in [1.807, 2.05) is 34.0 Å². The van der Waals surface area contributed by atoms with E-state index in [9.17, 15) is 31.1 Å². The molecule has 0 aromatic carbocycles. The van der Waals surface area contributed by atoms with E-state index >= 15 is 0 Å². The highest BCUT2D eigenvalue weighted by molar-refractivity contribution is 7.08. The van der Waals surface area contributed by atoms with Crippen LogP contribution in [0.3, 0.4) is 0 Å². The zero-order valence-electron chi connectivity index (χ0n) is 19.0. The summed E-state index contributed by atoms with van der Waals surface area (Å²) in [5.41, 5.74) is 1.99. The number of halogens is 6. The summed E-state index contributed by atoms with van der Waals surface area (Å²) in [6.45, 7) is 0.822. The first-order valence-electron chi connectivity index (χ1n) is 10.0. The van der Waals surface area contributed by atoms with E-state index in [4.69, 9.17) is 19.8 Å². The van der Waals surface area contributed by atoms with Crippen molar-refractivity contribution in [2.45, 2.75) is 37.3 Å². The molecule has 1 aliphatic rings. The van der Waals surface area contributed by atoms with E-state index in [0.717, 1.165) is 24.9 Å². The van der Waals surface area contributed by atoms with Gasteiger partial charge in [-0.3, -0.25) is 9.78 Å². The van der Waals surface area contributed by atoms with Crippen LogP contribution in [0.25, 0.3) is 0 Å². The van der Waals surface area contributed by atoms with E-state index in [0.29, 0.717) is 6.04 Å². The van der Waals surface area contributed by atoms with Crippen molar-refractivity contribution in [1.29, 1.82) is 0 Å². The topological polar surface area (TPSA) is 111 Å². The number of carboxylic acids is 2. The molecular formula is C21H23F6N3O5S. The lowest BCUT2D eigenvalue weighted by molar-refractivity contribution is -0.193. The summed E-state index contributed by atoms with van der Waals surface area (Å²) in [5, 5.41) is 18.1. The molecule has 0 bridgehead atoms. The number of thiophene rings is 1. The lowest BCUT2D eigenvalue weighted by Gasteiger charge is -2.31. The average molecular weight is 543 g/mol. The standard InChI is InChI=1S/C17H21N3OS.2C2HF3O2/c1-19(2)15-5-8-20(17(21)14-6-9-22-12-14)16(15)10-13-4-3-7-18-11-13;2*3-2(4,5)1(6)7/h3-4,6-7,9,11-12,15-16H,5,8,10H2,1-2H3;2*(H,6,7)/t15-,16+;;/m1../s1. The second-order valence-corrected chi connectivity index (χ2v) is 8.35. The van der Waals surface area contributed by atoms with Crippen molar-refractivity contribution in [2.75, 3.05) is 20.6 Å². The van der Waals surface area contributed by atoms with Crippen molar-refractivity contribution < 1.29 is 50.9 Å². The summed E-state index contributed by atoms with van der Waals surface area (Å²) in [7, 11) is 4.19. The van der Waals surface area contributed by atoms with Crippen LogP contribution in [0.1, 0.15) is 22.3 Å². The predicted octanol–water partition coefficient (Wildman–Crippen LogP) is 3.80. The smallest absolute Gasteiger partial charge is 0.475 e. The van der Waals surface area contributed by atoms with Crippen LogP contribution in [0.15, 0.2) is 41.4 Å². The molecule has 1 fully saturated rings. The zero-order chi connectivity index (χ0) is 27.7. The third-order valence-electron chi connectivity index (χ3n) is 4.86. The number of aliphatic carboxylic acids is 2. The van der Waals surface area contributed by atoms with Crippen LogP contribution in [0.5, 0.6) is 0 Å². The van der Waals surface area contributed by atoms with Gasteiger partial charge in [-0.2, -0.15) is 37.7 Å². The van der Waals surface area contributed by atoms with Gasteiger partial charge in [0.2, 0.25) is 0 Å². The SMILES string of the molecule is CN(C)[C@@H]1CCN(C(=O)c2ccsc2)[C@H]1Cc1cccnc1.O=C(O)C(F)(F)F.O=C(O)C(F)(F)F. The average Bonchev–Trinajstić information content (AvgIpc) is 3.44. The van der Waals surface area contributed by atoms with E-state index in [2.05, 4.69) is 30.0 Å². The Kier molecular flexibility index (Phi) is 11.3. The van der Waals surface area contributed by atoms with Gasteiger partial charge in [0.15, 0.2) is 0 Å². The van der Waals surface area contributed by atoms with Crippen LogP contribution in [-0.2, 0) is 16.0 Å². The minimum atomic E-state index is -5.08. The fourth-order valence-electron chi connectivity index (χ4n) is 3.25. The van der Waals surface area contributed by atoms with Crippen LogP contribution in [-0.4, -0.2) is 87.9 Å². The molecular weight excluding hydrogens is 520 g/mol. The summed E-state index contributed by atoms with van der Waals surface area (Å²) < 4.78 is 63.5. The van der Waals surface area contributed by atoms with Gasteiger partial charge in [0.05, 0.1) is 11.6 Å². The summed E-state index contributed by atoms with van der Waals surface area (Å²) >= 11 is 1.57. The molecule has 200 valence electrons. The van der Waals surface area contributed by atoms with Gasteiger partial charge in [0, 0.05) is 30.4 Å². The molecule has 8 nitrogen and oxygen atoms in total. The van der Waals surface area contributed by atoms with E-state index in [-0.39, 0.29) is 11.9 Å². The van der Waals surface area contributed by atoms with Crippen LogP contribution < -0.4 is 0 Å². The molecule has 0 unspecified atom stereocenters. The number of carbonyl (C=O) groups excluding carboxylic acids is 1. The molecule has 2 aromatic rings. The number of pyridine rings is 1. The van der Waals surface area contributed by atoms with Gasteiger partial charge in [-0.25, -0.2) is 9.59 Å². The number of rotatable bonds is 4. The highest BCUT2D eigenvalue weighted by Gasteiger charge is 2.39. The summed E-state index contributed by atoms with van der Waals surface area (Å²) in [5.74, 6) is -5.36. The maximum atomic E-state index is 12.8. The second kappa shape index (κ2) is 13.2. The van der Waals surface area contributed by atoms with Crippen LogP contribution >= 0.6 is 11.3 Å². The number of nitrogens with zero attached hydrogens (tertiary/aromatic N) is 3. The lowest BCUT2D eigenvalue weighted by Crippen LogP contribution is -2.45. The molecule has 36 heavy (non-hydrogen) atoms. The van der Waals surface area contributed by atoms with Gasteiger partial charge in [-0.1, -0.05) is 6.07 Å². The molecule has 3 heterocycles. The molecule has 1 saturated heterocycles. The van der Waals surface area contributed by atoms with E-state index in [1.165, 1.54) is 5.56 Å². The highest BCUT2D eigenvalue weighted by atomic mass is 32.1. The molecule has 0 spiro atoms. The third kappa shape index (κ3) is 9.81. The van der Waals surface area contributed by atoms with E-state index < -0.39 is 24.3 Å². The maximum Gasteiger partial charge on any atom is 0.490 e. The number of amides is 1. The quantitative estimate of drug-likeness (QED) is 0.565. The van der Waals surface area contributed by atoms with Gasteiger partial charge in [0.25, 0.3) is 5.91 Å². The van der Waals surface area contributed by atoms with Gasteiger partial charge in [-0.05, 0) is 50.0 Å². The molecule has 15 heteroatoms. The molecule has 1 aliphatic heterocycles. The highest BCUT2D eigenvalue weighted by Crippen LogP contribution is 2.27. The normalized spacial score (nSPS) is 17.5. The Morgan fingerprint density at radius 1 is 1.08 bits per heavy atom. The Balaban J connectivity index is 0.000000383. The van der Waals surface area contributed by atoms with Crippen molar-refractivity contribution in [1.82, 2.24) is 14.8 Å². The Morgan fingerprint density at radius 2 is 1.64 bits per heavy atom. The first-order chi connectivity index (χ1) is 16.6. The van der Waals surface area contributed by atoms with Gasteiger partial charge in [-0.15, -0.1) is 0 Å². The van der Waals surface area contributed by atoms with Gasteiger partial charge in [0.1, 0.15) is 0 Å². The molecule has 1 amide bonds. The first-order valence-corrected chi connectivity index (χ1v) is 11.0. The van der Waals surface area contributed by atoms with Crippen molar-refractivity contribution >= 4 is 29.2 Å². The van der Waals surface area contributed by atoms with Crippen LogP contribution in [0, 0.1) is 0 Å². The van der Waals surface area contributed by atoms with Crippen LogP contribution in [0.2, 0.25) is 0 Å². The van der Waals surface area contributed by atoms with E-state index in [1.54, 1.807) is 17.5 Å². The zero-order valence-corrected chi connectivity index (χ0v) is 19.8. The van der Waals surface area contributed by atoms with Crippen molar-refractivity contribution in [3.8, 4) is 0 Å². The Labute approximate surface area is 205 Å². The minimum absolute atomic E-state index is 0.152. The molecule has 2 atom stereocenters. The molecule has 3 rings (SSSR count). The minimum Gasteiger partial charge on any atom is -0.475 e. The number of likely N-dealkylation sites (tertiary alicyclic amines) is 1. The molecule has 0 aliphatic carbocycles. The number of hydrogen-bond acceptors (Lipinski definition) is 6. The third-order valence-corrected chi connectivity index (χ3v) is 5.54. The lowest BCUT2D eigenvalue weighted by atomic mass is 10.00. The Morgan fingerprint density at radius 3 is 2.03 bits per heavy atom. The first kappa shape index (κ1) is 30.8. The second-order valence-electron chi connectivity index (χ2n) is 7.57. The Hall–Kier alpha value is -3.20. The monoisotopic (exact) mass is 543 g/mol. The number of alkyl halides is 6. The number of likely N-dealkylation sites (N-methyl/N-ethyl adjacent to an activating group) is 1. The summed E-state index contributed by atoms with van der Waals surface area (Å²) in [6, 6.07) is 6.55. The van der Waals surface area contributed by atoms with Crippen molar-refractivity contribution in [3.63, 3.8) is 0 Å². The Bertz CT molecular complexity index is 960. The van der Waals surface area contributed by atoms with Crippen molar-refractivity contribution in [2.24, 2.45) is 0 Å². The fraction of sp³-hybridized carbons (Fsp3) is 0.429. The molecule has 0 radical (unpaired) electrons. The number of carboxylic acid groups (broad SMARTS) is 2. The molecule has 2 N–H and O–H groups in total. The number of carbonyl (C=O) groups is 3. The number of aromatic nitrogens is 1. The van der Waals surface area contributed by atoms with Gasteiger partial charge >= 0.3 is 24.3 Å². The summed E-state index contributed by atoms with van der Waals surface area (Å²) in [4.78, 5) is 39.0. The molecule has 2 aromatic heterocycles. The van der Waals surface area contributed by atoms with Crippen LogP contribution in [0.4, 0.5) is 26.3 Å². The molecule has 0 saturated carbocycles. The van der Waals surface area contributed by atoms with Crippen molar-refractivity contribution in [3.05, 3.63) is 52.5 Å².